The maximum atomic E-state index is 12.4. The molecule has 0 aliphatic heterocycles. The molecule has 1 aliphatic carbocycles. The molecule has 3 N–H and O–H groups in total. The van der Waals surface area contributed by atoms with Gasteiger partial charge in [-0.25, -0.2) is 4.79 Å². The van der Waals surface area contributed by atoms with Crippen molar-refractivity contribution in [2.24, 2.45) is 5.41 Å². The van der Waals surface area contributed by atoms with Gasteiger partial charge in [-0.1, -0.05) is 0 Å². The largest absolute Gasteiger partial charge is 0.444 e. The van der Waals surface area contributed by atoms with Crippen LogP contribution in [0.4, 0.5) is 4.79 Å². The summed E-state index contributed by atoms with van der Waals surface area (Å²) < 4.78 is 5.19. The number of hydrogen-bond acceptors (Lipinski definition) is 4. The molecule has 2 amide bonds. The number of ether oxygens (including phenoxy) is 1. The third-order valence-electron chi connectivity index (χ3n) is 4.08. The third-order valence-corrected chi connectivity index (χ3v) is 4.08. The Kier molecular flexibility index (Phi) is 4.68. The molecule has 23 heavy (non-hydrogen) atoms. The van der Waals surface area contributed by atoms with E-state index >= 15 is 0 Å². The summed E-state index contributed by atoms with van der Waals surface area (Å²) in [6, 6.07) is 0. The summed E-state index contributed by atoms with van der Waals surface area (Å²) in [5, 5.41) is 12.7. The normalized spacial score (nSPS) is 15.9. The van der Waals surface area contributed by atoms with Gasteiger partial charge in [0.05, 0.1) is 17.7 Å². The number of nitrogens with one attached hydrogen (secondary N) is 3. The van der Waals surface area contributed by atoms with Crippen LogP contribution in [0.25, 0.3) is 0 Å². The molecule has 0 aromatic carbocycles. The lowest BCUT2D eigenvalue weighted by Crippen LogP contribution is -2.41. The maximum Gasteiger partial charge on any atom is 0.407 e. The van der Waals surface area contributed by atoms with Crippen LogP contribution < -0.4 is 10.6 Å². The second kappa shape index (κ2) is 6.22. The monoisotopic (exact) mass is 322 g/mol. The van der Waals surface area contributed by atoms with E-state index in [0.29, 0.717) is 13.1 Å². The molecular weight excluding hydrogens is 296 g/mol. The first-order chi connectivity index (χ1) is 10.6. The number of aromatic amines is 1. The fourth-order valence-electron chi connectivity index (χ4n) is 2.25. The van der Waals surface area contributed by atoms with Gasteiger partial charge >= 0.3 is 6.09 Å². The predicted octanol–water partition coefficient (Wildman–Crippen LogP) is 1.95. The van der Waals surface area contributed by atoms with Crippen LogP contribution in [0.3, 0.4) is 0 Å². The summed E-state index contributed by atoms with van der Waals surface area (Å²) in [4.78, 5) is 24.1. The van der Waals surface area contributed by atoms with Crippen molar-refractivity contribution in [1.29, 1.82) is 0 Å². The number of H-pyrrole nitrogens is 1. The maximum absolute atomic E-state index is 12.4. The van der Waals surface area contributed by atoms with Crippen LogP contribution in [-0.4, -0.2) is 34.3 Å². The Morgan fingerprint density at radius 3 is 2.39 bits per heavy atom. The highest BCUT2D eigenvalue weighted by Crippen LogP contribution is 2.45. The molecule has 7 heteroatoms. The Morgan fingerprint density at radius 2 is 1.91 bits per heavy atom. The first-order valence-electron chi connectivity index (χ1n) is 7.89. The van der Waals surface area contributed by atoms with Crippen LogP contribution in [0.5, 0.6) is 0 Å². The average molecular weight is 322 g/mol. The number of aryl methyl sites for hydroxylation is 1. The minimum atomic E-state index is -0.543. The van der Waals surface area contributed by atoms with Crippen molar-refractivity contribution in [2.75, 3.05) is 6.54 Å². The molecule has 1 fully saturated rings. The highest BCUT2D eigenvalue weighted by molar-refractivity contribution is 5.86. The summed E-state index contributed by atoms with van der Waals surface area (Å²) >= 11 is 0. The van der Waals surface area contributed by atoms with E-state index in [1.54, 1.807) is 20.8 Å². The Morgan fingerprint density at radius 1 is 1.26 bits per heavy atom. The summed E-state index contributed by atoms with van der Waals surface area (Å²) in [7, 11) is 0. The van der Waals surface area contributed by atoms with Crippen molar-refractivity contribution < 1.29 is 14.3 Å². The SMILES string of the molecule is Cc1[nH]nc(CNC(=O)C2(CNC(=O)OC(C)(C)C)CC2)c1C. The molecule has 0 bridgehead atoms. The molecule has 128 valence electrons. The molecule has 0 saturated heterocycles. The molecule has 0 radical (unpaired) electrons. The second-order valence-corrected chi connectivity index (χ2v) is 7.24. The van der Waals surface area contributed by atoms with Gasteiger partial charge in [0, 0.05) is 12.2 Å². The van der Waals surface area contributed by atoms with Gasteiger partial charge in [-0.3, -0.25) is 9.89 Å². The van der Waals surface area contributed by atoms with Crippen LogP contribution in [0.1, 0.15) is 50.6 Å². The summed E-state index contributed by atoms with van der Waals surface area (Å²) in [5.74, 6) is -0.0476. The number of aromatic nitrogens is 2. The van der Waals surface area contributed by atoms with Gasteiger partial charge < -0.3 is 15.4 Å². The quantitative estimate of drug-likeness (QED) is 0.772. The van der Waals surface area contributed by atoms with Crippen molar-refractivity contribution in [3.05, 3.63) is 17.0 Å². The molecule has 1 aliphatic rings. The Bertz CT molecular complexity index is 597. The molecule has 2 rings (SSSR count). The minimum Gasteiger partial charge on any atom is -0.444 e. The summed E-state index contributed by atoms with van der Waals surface area (Å²) in [5.41, 5.74) is 1.85. The molecule has 1 heterocycles. The van der Waals surface area contributed by atoms with Gasteiger partial charge in [0.2, 0.25) is 5.91 Å². The van der Waals surface area contributed by atoms with Gasteiger partial charge in [0.1, 0.15) is 5.60 Å². The van der Waals surface area contributed by atoms with E-state index in [2.05, 4.69) is 20.8 Å². The first kappa shape index (κ1) is 17.3. The number of carbonyl (C=O) groups excluding carboxylic acids is 2. The Balaban J connectivity index is 1.82. The Hall–Kier alpha value is -2.05. The van der Waals surface area contributed by atoms with Crippen LogP contribution >= 0.6 is 0 Å². The van der Waals surface area contributed by atoms with Gasteiger partial charge in [0.25, 0.3) is 0 Å². The number of carbonyl (C=O) groups is 2. The van der Waals surface area contributed by atoms with E-state index < -0.39 is 17.1 Å². The third kappa shape index (κ3) is 4.46. The van der Waals surface area contributed by atoms with E-state index in [1.165, 1.54) is 0 Å². The lowest BCUT2D eigenvalue weighted by molar-refractivity contribution is -0.126. The number of rotatable bonds is 5. The zero-order valence-electron chi connectivity index (χ0n) is 14.5. The van der Waals surface area contributed by atoms with E-state index in [1.807, 2.05) is 13.8 Å². The molecule has 0 atom stereocenters. The topological polar surface area (TPSA) is 96.1 Å². The molecule has 0 unspecified atom stereocenters. The standard InChI is InChI=1S/C16H26N4O3/c1-10-11(2)19-20-12(10)8-17-13(21)16(6-7-16)9-18-14(22)23-15(3,4)5/h6-9H2,1-5H3,(H,17,21)(H,18,22)(H,19,20). The van der Waals surface area contributed by atoms with Crippen molar-refractivity contribution >= 4 is 12.0 Å². The smallest absolute Gasteiger partial charge is 0.407 e. The molecule has 7 nitrogen and oxygen atoms in total. The molecule has 1 aromatic rings. The Labute approximate surface area is 136 Å². The van der Waals surface area contributed by atoms with Crippen LogP contribution in [0.15, 0.2) is 0 Å². The van der Waals surface area contributed by atoms with Gasteiger partial charge in [0.15, 0.2) is 0 Å². The molecule has 1 aromatic heterocycles. The lowest BCUT2D eigenvalue weighted by Gasteiger charge is -2.21. The van der Waals surface area contributed by atoms with Gasteiger partial charge in [-0.15, -0.1) is 0 Å². The van der Waals surface area contributed by atoms with Crippen LogP contribution in [0, 0.1) is 19.3 Å². The average Bonchev–Trinajstić information content (AvgIpc) is 3.17. The van der Waals surface area contributed by atoms with E-state index in [9.17, 15) is 9.59 Å². The molecule has 0 spiro atoms. The summed E-state index contributed by atoms with van der Waals surface area (Å²) in [6.45, 7) is 10.0. The minimum absolute atomic E-state index is 0.0476. The number of amides is 2. The fourth-order valence-corrected chi connectivity index (χ4v) is 2.25. The van der Waals surface area contributed by atoms with Crippen molar-refractivity contribution in [1.82, 2.24) is 20.8 Å². The highest BCUT2D eigenvalue weighted by Gasteiger charge is 2.50. The van der Waals surface area contributed by atoms with E-state index in [4.69, 9.17) is 4.74 Å². The number of alkyl carbamates (subject to hydrolysis) is 1. The highest BCUT2D eigenvalue weighted by atomic mass is 16.6. The first-order valence-corrected chi connectivity index (χ1v) is 7.89. The van der Waals surface area contributed by atoms with Gasteiger partial charge in [-0.05, 0) is 53.0 Å². The van der Waals surface area contributed by atoms with Crippen molar-refractivity contribution in [2.45, 2.75) is 59.6 Å². The molecular formula is C16H26N4O3. The van der Waals surface area contributed by atoms with Gasteiger partial charge in [-0.2, -0.15) is 5.10 Å². The van der Waals surface area contributed by atoms with Crippen LogP contribution in [-0.2, 0) is 16.1 Å². The fraction of sp³-hybridized carbons (Fsp3) is 0.688. The second-order valence-electron chi connectivity index (χ2n) is 7.24. The van der Waals surface area contributed by atoms with E-state index in [0.717, 1.165) is 29.8 Å². The zero-order valence-corrected chi connectivity index (χ0v) is 14.5. The number of hydrogen-bond donors (Lipinski definition) is 3. The van der Waals surface area contributed by atoms with Crippen molar-refractivity contribution in [3.63, 3.8) is 0 Å². The summed E-state index contributed by atoms with van der Waals surface area (Å²) in [6.07, 6.45) is 1.05. The molecule has 1 saturated carbocycles. The van der Waals surface area contributed by atoms with E-state index in [-0.39, 0.29) is 5.91 Å². The predicted molar refractivity (Wildman–Crippen MR) is 85.8 cm³/mol. The lowest BCUT2D eigenvalue weighted by atomic mass is 10.1. The van der Waals surface area contributed by atoms with Crippen LogP contribution in [0.2, 0.25) is 0 Å². The number of nitrogens with zero attached hydrogens (tertiary/aromatic N) is 1. The van der Waals surface area contributed by atoms with Crippen molar-refractivity contribution in [3.8, 4) is 0 Å². The zero-order chi connectivity index (χ0) is 17.3.